The molecule has 2 aliphatic rings. The summed E-state index contributed by atoms with van der Waals surface area (Å²) in [6.45, 7) is 16.4. The number of hydrogen-bond donors (Lipinski definition) is 3. The van der Waals surface area contributed by atoms with Crippen LogP contribution in [0.25, 0.3) is 0 Å². The third-order valence-electron chi connectivity index (χ3n) is 8.04. The Labute approximate surface area is 209 Å². The molecule has 0 spiro atoms. The van der Waals surface area contributed by atoms with Crippen LogP contribution in [0.4, 0.5) is 11.4 Å². The average molecular weight is 487 g/mol. The van der Waals surface area contributed by atoms with Gasteiger partial charge in [0, 0.05) is 22.2 Å². The van der Waals surface area contributed by atoms with E-state index in [1.165, 1.54) is 0 Å². The van der Waals surface area contributed by atoms with E-state index >= 15 is 0 Å². The van der Waals surface area contributed by atoms with Crippen LogP contribution in [0.15, 0.2) is 6.07 Å². The summed E-state index contributed by atoms with van der Waals surface area (Å²) in [5, 5.41) is 10.5. The SMILES string of the molecule is CC1(C)CCCC(C)(C)N1c1cc(C(N)=O)c(N2C(C)(C)CCCC2(C)C)c(C(N)=O)c1C(=O)O. The molecule has 8 nitrogen and oxygen atoms in total. The van der Waals surface area contributed by atoms with E-state index in [9.17, 15) is 19.5 Å². The van der Waals surface area contributed by atoms with Crippen molar-refractivity contribution >= 4 is 29.2 Å². The molecule has 194 valence electrons. The smallest absolute Gasteiger partial charge is 0.338 e. The van der Waals surface area contributed by atoms with E-state index in [0.29, 0.717) is 5.69 Å². The molecule has 35 heavy (non-hydrogen) atoms. The molecule has 0 radical (unpaired) electrons. The number of aromatic carboxylic acids is 1. The molecule has 3 rings (SSSR count). The first kappa shape index (κ1) is 26.8. The van der Waals surface area contributed by atoms with E-state index in [1.54, 1.807) is 6.07 Å². The number of hydrogen-bond acceptors (Lipinski definition) is 5. The molecule has 0 atom stereocenters. The second-order valence-corrected chi connectivity index (χ2v) is 12.7. The minimum atomic E-state index is -1.25. The Morgan fingerprint density at radius 1 is 0.714 bits per heavy atom. The highest BCUT2D eigenvalue weighted by Gasteiger charge is 2.48. The van der Waals surface area contributed by atoms with E-state index in [1.807, 2.05) is 37.5 Å². The van der Waals surface area contributed by atoms with Crippen molar-refractivity contribution in [2.45, 2.75) is 116 Å². The number of amides is 2. The van der Waals surface area contributed by atoms with Crippen molar-refractivity contribution in [3.63, 3.8) is 0 Å². The zero-order chi connectivity index (χ0) is 26.7. The Balaban J connectivity index is 2.53. The standard InChI is InChI=1S/C27H42N4O4/c1-24(2)11-9-12-25(3,4)30(24)17-15-16(21(28)32)20(19(22(29)33)18(17)23(34)35)31-26(5,6)13-10-14-27(31,7)8/h15H,9-14H2,1-8H3,(H2,28,32)(H2,29,33)(H,34,35). The lowest BCUT2D eigenvalue weighted by Crippen LogP contribution is -2.61. The van der Waals surface area contributed by atoms with Gasteiger partial charge in [-0.15, -0.1) is 0 Å². The first-order chi connectivity index (χ1) is 15.8. The summed E-state index contributed by atoms with van der Waals surface area (Å²) in [4.78, 5) is 43.0. The monoisotopic (exact) mass is 486 g/mol. The summed E-state index contributed by atoms with van der Waals surface area (Å²) in [5.41, 5.74) is 10.5. The summed E-state index contributed by atoms with van der Waals surface area (Å²) in [6.07, 6.45) is 5.24. The van der Waals surface area contributed by atoms with Crippen LogP contribution in [0.3, 0.4) is 0 Å². The molecule has 2 saturated heterocycles. The van der Waals surface area contributed by atoms with Crippen molar-refractivity contribution in [3.05, 3.63) is 22.8 Å². The molecule has 0 aromatic heterocycles. The Morgan fingerprint density at radius 2 is 1.11 bits per heavy atom. The Hall–Kier alpha value is -2.77. The fraction of sp³-hybridized carbons (Fsp3) is 0.667. The molecule has 0 unspecified atom stereocenters. The van der Waals surface area contributed by atoms with E-state index < -0.39 is 39.9 Å². The minimum absolute atomic E-state index is 0.124. The van der Waals surface area contributed by atoms with Crippen molar-refractivity contribution in [2.24, 2.45) is 11.5 Å². The van der Waals surface area contributed by atoms with Gasteiger partial charge in [-0.25, -0.2) is 4.79 Å². The molecule has 0 bridgehead atoms. The van der Waals surface area contributed by atoms with Gasteiger partial charge in [0.15, 0.2) is 0 Å². The third-order valence-corrected chi connectivity index (χ3v) is 8.04. The third kappa shape index (κ3) is 4.47. The lowest BCUT2D eigenvalue weighted by molar-refractivity contribution is 0.0691. The number of carboxylic acids is 1. The molecular formula is C27H42N4O4. The van der Waals surface area contributed by atoms with Crippen molar-refractivity contribution in [1.29, 1.82) is 0 Å². The van der Waals surface area contributed by atoms with Gasteiger partial charge >= 0.3 is 5.97 Å². The van der Waals surface area contributed by atoms with E-state index in [4.69, 9.17) is 11.5 Å². The summed E-state index contributed by atoms with van der Waals surface area (Å²) < 4.78 is 0. The topological polar surface area (TPSA) is 130 Å². The van der Waals surface area contributed by atoms with Gasteiger partial charge in [-0.05, 0) is 100.0 Å². The predicted molar refractivity (Wildman–Crippen MR) is 139 cm³/mol. The first-order valence-corrected chi connectivity index (χ1v) is 12.5. The van der Waals surface area contributed by atoms with Gasteiger partial charge < -0.3 is 26.4 Å². The number of piperidine rings is 2. The Bertz CT molecular complexity index is 1040. The number of anilines is 2. The highest BCUT2D eigenvalue weighted by Crippen LogP contribution is 2.50. The molecule has 5 N–H and O–H groups in total. The van der Waals surface area contributed by atoms with Gasteiger partial charge in [0.2, 0.25) is 0 Å². The second-order valence-electron chi connectivity index (χ2n) is 12.7. The van der Waals surface area contributed by atoms with Crippen LogP contribution in [-0.4, -0.2) is 45.0 Å². The van der Waals surface area contributed by atoms with Crippen molar-refractivity contribution in [2.75, 3.05) is 9.80 Å². The van der Waals surface area contributed by atoms with E-state index in [0.717, 1.165) is 38.5 Å². The van der Waals surface area contributed by atoms with Gasteiger partial charge in [0.1, 0.15) is 0 Å². The molecule has 2 fully saturated rings. The first-order valence-electron chi connectivity index (χ1n) is 12.5. The minimum Gasteiger partial charge on any atom is -0.478 e. The fourth-order valence-electron chi connectivity index (χ4n) is 6.96. The molecule has 2 amide bonds. The Kier molecular flexibility index (Phi) is 6.45. The highest BCUT2D eigenvalue weighted by atomic mass is 16.4. The number of carboxylic acid groups (broad SMARTS) is 1. The molecular weight excluding hydrogens is 444 g/mol. The number of nitrogens with zero attached hydrogens (tertiary/aromatic N) is 2. The van der Waals surface area contributed by atoms with Gasteiger partial charge in [-0.3, -0.25) is 9.59 Å². The van der Waals surface area contributed by atoms with Crippen molar-refractivity contribution in [3.8, 4) is 0 Å². The van der Waals surface area contributed by atoms with Crippen molar-refractivity contribution in [1.82, 2.24) is 0 Å². The normalized spacial score (nSPS) is 22.5. The highest BCUT2D eigenvalue weighted by molar-refractivity contribution is 6.16. The zero-order valence-corrected chi connectivity index (χ0v) is 22.5. The summed E-state index contributed by atoms with van der Waals surface area (Å²) in [5.74, 6) is -2.85. The molecule has 2 heterocycles. The van der Waals surface area contributed by atoms with E-state index in [-0.39, 0.29) is 22.4 Å². The molecule has 1 aromatic rings. The van der Waals surface area contributed by atoms with Gasteiger partial charge in [-0.2, -0.15) is 0 Å². The van der Waals surface area contributed by atoms with Crippen LogP contribution in [0.5, 0.6) is 0 Å². The maximum absolute atomic E-state index is 13.1. The number of rotatable bonds is 5. The Morgan fingerprint density at radius 3 is 1.46 bits per heavy atom. The molecule has 8 heteroatoms. The average Bonchev–Trinajstić information content (AvgIpc) is 2.64. The van der Waals surface area contributed by atoms with Crippen LogP contribution in [-0.2, 0) is 0 Å². The number of carbonyl (C=O) groups excluding carboxylic acids is 2. The lowest BCUT2D eigenvalue weighted by Gasteiger charge is -2.56. The maximum atomic E-state index is 13.1. The van der Waals surface area contributed by atoms with Crippen LogP contribution in [0, 0.1) is 0 Å². The number of carbonyl (C=O) groups is 3. The predicted octanol–water partition coefficient (Wildman–Crippen LogP) is 4.68. The quantitative estimate of drug-likeness (QED) is 0.554. The van der Waals surface area contributed by atoms with Gasteiger partial charge in [-0.1, -0.05) is 0 Å². The maximum Gasteiger partial charge on any atom is 0.338 e. The molecule has 0 saturated carbocycles. The molecule has 0 aliphatic carbocycles. The number of benzene rings is 1. The van der Waals surface area contributed by atoms with Crippen LogP contribution < -0.4 is 21.3 Å². The molecule has 1 aromatic carbocycles. The number of nitrogens with two attached hydrogens (primary N) is 2. The molecule has 2 aliphatic heterocycles. The van der Waals surface area contributed by atoms with Crippen LogP contribution in [0.2, 0.25) is 0 Å². The zero-order valence-electron chi connectivity index (χ0n) is 22.5. The van der Waals surface area contributed by atoms with Crippen LogP contribution >= 0.6 is 0 Å². The van der Waals surface area contributed by atoms with Crippen LogP contribution in [0.1, 0.15) is 125 Å². The summed E-state index contributed by atoms with van der Waals surface area (Å²) >= 11 is 0. The number of primary amides is 2. The van der Waals surface area contributed by atoms with Crippen molar-refractivity contribution < 1.29 is 19.5 Å². The second kappa shape index (κ2) is 8.42. The van der Waals surface area contributed by atoms with E-state index in [2.05, 4.69) is 27.7 Å². The fourth-order valence-corrected chi connectivity index (χ4v) is 6.96. The largest absolute Gasteiger partial charge is 0.478 e. The lowest BCUT2D eigenvalue weighted by atomic mass is 9.76. The summed E-state index contributed by atoms with van der Waals surface area (Å²) in [7, 11) is 0. The summed E-state index contributed by atoms with van der Waals surface area (Å²) in [6, 6.07) is 1.59. The van der Waals surface area contributed by atoms with Gasteiger partial charge in [0.05, 0.1) is 28.1 Å². The van der Waals surface area contributed by atoms with Gasteiger partial charge in [0.25, 0.3) is 11.8 Å².